The Morgan fingerprint density at radius 3 is 2.55 bits per heavy atom. The maximum Gasteiger partial charge on any atom is 0.266 e. The number of sulfonamides is 1. The van der Waals surface area contributed by atoms with Crippen molar-refractivity contribution in [1.82, 2.24) is 14.8 Å². The molecule has 4 aromatic rings. The van der Waals surface area contributed by atoms with Crippen LogP contribution in [-0.4, -0.2) is 29.1 Å². The standard InChI is InChI=1S/C21H19N5O4S3/c27-19(4-1-12-26-20(28)10-9-17(24-26)18-3-2-13-31-18)23-15-5-7-16(8-6-15)33(29,30)25-21-22-11-14-32-21/h2-3,5-11,13-14H,1,4,12H2,(H,22,25)(H,23,27). The zero-order chi connectivity index (χ0) is 23.3. The first kappa shape index (κ1) is 22.8. The summed E-state index contributed by atoms with van der Waals surface area (Å²) >= 11 is 2.72. The SMILES string of the molecule is O=C(CCCn1nc(-c2cccs2)ccc1=O)Nc1ccc(S(=O)(=O)Nc2nccs2)cc1. The number of rotatable bonds is 9. The number of amides is 1. The molecule has 0 spiro atoms. The van der Waals surface area contributed by atoms with Crippen molar-refractivity contribution in [2.45, 2.75) is 24.3 Å². The number of benzene rings is 1. The Kier molecular flexibility index (Phi) is 6.96. The molecule has 0 atom stereocenters. The van der Waals surface area contributed by atoms with E-state index in [9.17, 15) is 18.0 Å². The molecule has 0 unspecified atom stereocenters. The lowest BCUT2D eigenvalue weighted by Crippen LogP contribution is -2.23. The predicted octanol–water partition coefficient (Wildman–Crippen LogP) is 3.65. The van der Waals surface area contributed by atoms with E-state index in [4.69, 9.17) is 0 Å². The fraction of sp³-hybridized carbons (Fsp3) is 0.143. The summed E-state index contributed by atoms with van der Waals surface area (Å²) in [5.41, 5.74) is 0.968. The van der Waals surface area contributed by atoms with Crippen LogP contribution in [0, 0.1) is 0 Å². The van der Waals surface area contributed by atoms with Gasteiger partial charge in [-0.25, -0.2) is 18.1 Å². The van der Waals surface area contributed by atoms with Crippen LogP contribution < -0.4 is 15.6 Å². The number of aryl methyl sites for hydroxylation is 1. The molecular weight excluding hydrogens is 482 g/mol. The van der Waals surface area contributed by atoms with Gasteiger partial charge in [0.25, 0.3) is 15.6 Å². The van der Waals surface area contributed by atoms with Crippen LogP contribution in [0.3, 0.4) is 0 Å². The number of thiazole rings is 1. The van der Waals surface area contributed by atoms with Crippen molar-refractivity contribution in [3.05, 3.63) is 75.8 Å². The Hall–Kier alpha value is -3.35. The summed E-state index contributed by atoms with van der Waals surface area (Å²) in [6.07, 6.45) is 2.12. The van der Waals surface area contributed by atoms with E-state index < -0.39 is 10.0 Å². The molecule has 170 valence electrons. The number of thiophene rings is 1. The fourth-order valence-electron chi connectivity index (χ4n) is 2.94. The first-order chi connectivity index (χ1) is 15.9. The second-order valence-corrected chi connectivity index (χ2v) is 10.4. The summed E-state index contributed by atoms with van der Waals surface area (Å²) in [7, 11) is -3.75. The van der Waals surface area contributed by atoms with Crippen molar-refractivity contribution in [3.8, 4) is 10.6 Å². The summed E-state index contributed by atoms with van der Waals surface area (Å²) in [4.78, 5) is 29.3. The Labute approximate surface area is 197 Å². The molecule has 0 fully saturated rings. The summed E-state index contributed by atoms with van der Waals surface area (Å²) in [5, 5.41) is 11.0. The van der Waals surface area contributed by atoms with Crippen LogP contribution in [0.4, 0.5) is 10.8 Å². The molecule has 9 nitrogen and oxygen atoms in total. The predicted molar refractivity (Wildman–Crippen MR) is 129 cm³/mol. The third kappa shape index (κ3) is 5.92. The van der Waals surface area contributed by atoms with E-state index in [1.807, 2.05) is 17.5 Å². The van der Waals surface area contributed by atoms with Crippen LogP contribution in [0.5, 0.6) is 0 Å². The minimum atomic E-state index is -3.75. The van der Waals surface area contributed by atoms with Crippen molar-refractivity contribution < 1.29 is 13.2 Å². The highest BCUT2D eigenvalue weighted by Crippen LogP contribution is 2.21. The van der Waals surface area contributed by atoms with E-state index in [2.05, 4.69) is 20.1 Å². The first-order valence-corrected chi connectivity index (χ1v) is 13.1. The Balaban J connectivity index is 1.31. The number of nitrogens with one attached hydrogen (secondary N) is 2. The maximum absolute atomic E-state index is 12.4. The second-order valence-electron chi connectivity index (χ2n) is 6.88. The van der Waals surface area contributed by atoms with Gasteiger partial charge in [0.05, 0.1) is 9.77 Å². The quantitative estimate of drug-likeness (QED) is 0.361. The lowest BCUT2D eigenvalue weighted by Gasteiger charge is -2.09. The molecule has 0 saturated carbocycles. The van der Waals surface area contributed by atoms with Crippen molar-refractivity contribution in [3.63, 3.8) is 0 Å². The van der Waals surface area contributed by atoms with Crippen LogP contribution in [0.15, 0.2) is 75.2 Å². The van der Waals surface area contributed by atoms with Gasteiger partial charge < -0.3 is 5.32 Å². The molecule has 2 N–H and O–H groups in total. The summed E-state index contributed by atoms with van der Waals surface area (Å²) in [5.74, 6) is -0.242. The summed E-state index contributed by atoms with van der Waals surface area (Å²) in [6.45, 7) is 0.311. The lowest BCUT2D eigenvalue weighted by molar-refractivity contribution is -0.116. The molecule has 1 aromatic carbocycles. The molecule has 12 heteroatoms. The number of anilines is 2. The van der Waals surface area contributed by atoms with Crippen molar-refractivity contribution in [1.29, 1.82) is 0 Å². The highest BCUT2D eigenvalue weighted by atomic mass is 32.2. The van der Waals surface area contributed by atoms with E-state index in [1.165, 1.54) is 63.9 Å². The maximum atomic E-state index is 12.4. The molecule has 3 aromatic heterocycles. The average molecular weight is 502 g/mol. The van der Waals surface area contributed by atoms with E-state index in [0.717, 1.165) is 4.88 Å². The average Bonchev–Trinajstić information content (AvgIpc) is 3.50. The van der Waals surface area contributed by atoms with E-state index in [1.54, 1.807) is 11.4 Å². The Morgan fingerprint density at radius 1 is 1.03 bits per heavy atom. The minimum absolute atomic E-state index is 0.0618. The second kappa shape index (κ2) is 10.1. The molecule has 0 aliphatic carbocycles. The molecule has 0 aliphatic rings. The number of hydrogen-bond acceptors (Lipinski definition) is 8. The molecule has 1 amide bonds. The van der Waals surface area contributed by atoms with Crippen LogP contribution in [0.25, 0.3) is 10.6 Å². The molecule has 0 saturated heterocycles. The van der Waals surface area contributed by atoms with Gasteiger partial charge in [-0.3, -0.25) is 14.3 Å². The summed E-state index contributed by atoms with van der Waals surface area (Å²) < 4.78 is 28.5. The zero-order valence-electron chi connectivity index (χ0n) is 17.2. The van der Waals surface area contributed by atoms with Crippen molar-refractivity contribution >= 4 is 49.4 Å². The molecule has 0 aliphatic heterocycles. The minimum Gasteiger partial charge on any atom is -0.326 e. The smallest absolute Gasteiger partial charge is 0.266 e. The normalized spacial score (nSPS) is 11.3. The molecule has 3 heterocycles. The number of nitrogens with zero attached hydrogens (tertiary/aromatic N) is 3. The number of aromatic nitrogens is 3. The third-order valence-corrected chi connectivity index (χ3v) is 7.58. The van der Waals surface area contributed by atoms with Crippen molar-refractivity contribution in [2.24, 2.45) is 0 Å². The van der Waals surface area contributed by atoms with Gasteiger partial charge in [0, 0.05) is 36.3 Å². The monoisotopic (exact) mass is 501 g/mol. The highest BCUT2D eigenvalue weighted by Gasteiger charge is 2.15. The molecule has 0 bridgehead atoms. The lowest BCUT2D eigenvalue weighted by atomic mass is 10.2. The Morgan fingerprint density at radius 2 is 1.85 bits per heavy atom. The molecular formula is C21H19N5O4S3. The van der Waals surface area contributed by atoms with E-state index in [0.29, 0.717) is 24.3 Å². The van der Waals surface area contributed by atoms with Crippen LogP contribution in [-0.2, 0) is 21.4 Å². The van der Waals surface area contributed by atoms with Gasteiger partial charge in [0.2, 0.25) is 5.91 Å². The van der Waals surface area contributed by atoms with Crippen molar-refractivity contribution in [2.75, 3.05) is 10.0 Å². The van der Waals surface area contributed by atoms with Gasteiger partial charge in [0.15, 0.2) is 5.13 Å². The van der Waals surface area contributed by atoms with Gasteiger partial charge in [-0.05, 0) is 48.2 Å². The van der Waals surface area contributed by atoms with Crippen LogP contribution >= 0.6 is 22.7 Å². The fourth-order valence-corrected chi connectivity index (χ4v) is 5.42. The summed E-state index contributed by atoms with van der Waals surface area (Å²) in [6, 6.07) is 12.9. The van der Waals surface area contributed by atoms with Gasteiger partial charge in [0.1, 0.15) is 5.69 Å². The van der Waals surface area contributed by atoms with Gasteiger partial charge in [-0.15, -0.1) is 22.7 Å². The highest BCUT2D eigenvalue weighted by molar-refractivity contribution is 7.93. The van der Waals surface area contributed by atoms with E-state index >= 15 is 0 Å². The number of hydrogen-bond donors (Lipinski definition) is 2. The topological polar surface area (TPSA) is 123 Å². The van der Waals surface area contributed by atoms with Crippen LogP contribution in [0.1, 0.15) is 12.8 Å². The molecule has 33 heavy (non-hydrogen) atoms. The van der Waals surface area contributed by atoms with Gasteiger partial charge >= 0.3 is 0 Å². The van der Waals surface area contributed by atoms with Crippen LogP contribution in [0.2, 0.25) is 0 Å². The third-order valence-electron chi connectivity index (χ3n) is 4.52. The molecule has 0 radical (unpaired) electrons. The zero-order valence-corrected chi connectivity index (χ0v) is 19.6. The largest absolute Gasteiger partial charge is 0.326 e. The Bertz CT molecular complexity index is 1380. The van der Waals surface area contributed by atoms with Gasteiger partial charge in [-0.1, -0.05) is 6.07 Å². The number of carbonyl (C=O) groups is 1. The first-order valence-electron chi connectivity index (χ1n) is 9.85. The van der Waals surface area contributed by atoms with E-state index in [-0.39, 0.29) is 27.9 Å². The number of carbonyl (C=O) groups excluding carboxylic acids is 1. The molecule has 4 rings (SSSR count). The van der Waals surface area contributed by atoms with Gasteiger partial charge in [-0.2, -0.15) is 5.10 Å².